The summed E-state index contributed by atoms with van der Waals surface area (Å²) in [7, 11) is 3.93. The first-order valence-corrected chi connectivity index (χ1v) is 6.49. The lowest BCUT2D eigenvalue weighted by Crippen LogP contribution is -2.40. The molecule has 5 nitrogen and oxygen atoms in total. The smallest absolute Gasteiger partial charge is 0.307 e. The van der Waals surface area contributed by atoms with Gasteiger partial charge in [0, 0.05) is 19.6 Å². The van der Waals surface area contributed by atoms with Gasteiger partial charge in [0.2, 0.25) is 5.91 Å². The van der Waals surface area contributed by atoms with Gasteiger partial charge in [0.05, 0.1) is 11.8 Å². The van der Waals surface area contributed by atoms with Crippen molar-refractivity contribution in [1.82, 2.24) is 9.80 Å². The van der Waals surface area contributed by atoms with Gasteiger partial charge in [0.1, 0.15) is 0 Å². The number of nitrogens with zero attached hydrogens (tertiary/aromatic N) is 2. The van der Waals surface area contributed by atoms with Crippen molar-refractivity contribution in [2.45, 2.75) is 20.3 Å². The van der Waals surface area contributed by atoms with Crippen LogP contribution in [0.15, 0.2) is 0 Å². The molecule has 2 atom stereocenters. The minimum Gasteiger partial charge on any atom is -0.481 e. The van der Waals surface area contributed by atoms with Crippen molar-refractivity contribution in [1.29, 1.82) is 0 Å². The van der Waals surface area contributed by atoms with Crippen LogP contribution < -0.4 is 0 Å². The maximum atomic E-state index is 12.2. The summed E-state index contributed by atoms with van der Waals surface area (Å²) < 4.78 is 0. The molecule has 0 bridgehead atoms. The van der Waals surface area contributed by atoms with E-state index in [0.29, 0.717) is 25.4 Å². The Bertz CT molecular complexity index is 315. The molecule has 0 aromatic carbocycles. The third-order valence-corrected chi connectivity index (χ3v) is 3.14. The number of amides is 1. The number of carbonyl (C=O) groups is 2. The Labute approximate surface area is 109 Å². The van der Waals surface area contributed by atoms with Gasteiger partial charge in [-0.05, 0) is 26.4 Å². The van der Waals surface area contributed by atoms with E-state index < -0.39 is 11.9 Å². The SMILES string of the molecule is CC(C)CN(CCN(C)C)C(=O)C1CC1C(=O)O. The molecule has 0 aliphatic heterocycles. The van der Waals surface area contributed by atoms with Crippen LogP contribution in [0.4, 0.5) is 0 Å². The van der Waals surface area contributed by atoms with Crippen molar-refractivity contribution in [3.8, 4) is 0 Å². The van der Waals surface area contributed by atoms with Crippen LogP contribution >= 0.6 is 0 Å². The fourth-order valence-electron chi connectivity index (χ4n) is 2.03. The lowest BCUT2D eigenvalue weighted by molar-refractivity contribution is -0.142. The maximum Gasteiger partial charge on any atom is 0.307 e. The van der Waals surface area contributed by atoms with E-state index in [2.05, 4.69) is 13.8 Å². The van der Waals surface area contributed by atoms with Crippen LogP contribution in [-0.4, -0.2) is 60.5 Å². The summed E-state index contributed by atoms with van der Waals surface area (Å²) in [4.78, 5) is 26.9. The van der Waals surface area contributed by atoms with Gasteiger partial charge in [0.25, 0.3) is 0 Å². The zero-order chi connectivity index (χ0) is 13.9. The number of carbonyl (C=O) groups excluding carboxylic acids is 1. The predicted octanol–water partition coefficient (Wildman–Crippen LogP) is 0.753. The summed E-state index contributed by atoms with van der Waals surface area (Å²) >= 11 is 0. The van der Waals surface area contributed by atoms with Crippen LogP contribution in [0.3, 0.4) is 0 Å². The highest BCUT2D eigenvalue weighted by Gasteiger charge is 2.49. The topological polar surface area (TPSA) is 60.9 Å². The molecule has 1 rings (SSSR count). The number of hydrogen-bond acceptors (Lipinski definition) is 3. The third kappa shape index (κ3) is 4.29. The first-order valence-electron chi connectivity index (χ1n) is 6.49. The molecule has 1 aliphatic carbocycles. The average Bonchev–Trinajstić information content (AvgIpc) is 3.02. The molecule has 1 amide bonds. The van der Waals surface area contributed by atoms with Gasteiger partial charge in [-0.2, -0.15) is 0 Å². The number of hydrogen-bond donors (Lipinski definition) is 1. The highest BCUT2D eigenvalue weighted by molar-refractivity contribution is 5.89. The molecular formula is C13H24N2O3. The lowest BCUT2D eigenvalue weighted by Gasteiger charge is -2.26. The van der Waals surface area contributed by atoms with Crippen LogP contribution in [0.5, 0.6) is 0 Å². The number of likely N-dealkylation sites (N-methyl/N-ethyl adjacent to an activating group) is 1. The van der Waals surface area contributed by atoms with Gasteiger partial charge in [-0.25, -0.2) is 0 Å². The quantitative estimate of drug-likeness (QED) is 0.730. The summed E-state index contributed by atoms with van der Waals surface area (Å²) in [6.45, 7) is 6.32. The Morgan fingerprint density at radius 3 is 2.22 bits per heavy atom. The minimum atomic E-state index is -0.842. The van der Waals surface area contributed by atoms with Gasteiger partial charge in [0.15, 0.2) is 0 Å². The first-order chi connectivity index (χ1) is 8.32. The average molecular weight is 256 g/mol. The van der Waals surface area contributed by atoms with Crippen molar-refractivity contribution in [2.75, 3.05) is 33.7 Å². The van der Waals surface area contributed by atoms with Crippen molar-refractivity contribution in [3.05, 3.63) is 0 Å². The fourth-order valence-corrected chi connectivity index (χ4v) is 2.03. The normalized spacial score (nSPS) is 22.3. The number of aliphatic carboxylic acids is 1. The molecule has 0 spiro atoms. The molecular weight excluding hydrogens is 232 g/mol. The van der Waals surface area contributed by atoms with Crippen LogP contribution in [-0.2, 0) is 9.59 Å². The molecule has 1 saturated carbocycles. The lowest BCUT2D eigenvalue weighted by atomic mass is 10.2. The standard InChI is InChI=1S/C13H24N2O3/c1-9(2)8-15(6-5-14(3)4)12(16)10-7-11(10)13(17)18/h9-11H,5-8H2,1-4H3,(H,17,18). The van der Waals surface area contributed by atoms with Crippen LogP contribution in [0, 0.1) is 17.8 Å². The molecule has 0 radical (unpaired) electrons. The largest absolute Gasteiger partial charge is 0.481 e. The summed E-state index contributed by atoms with van der Waals surface area (Å²) in [6.07, 6.45) is 0.505. The number of carboxylic acids is 1. The van der Waals surface area contributed by atoms with E-state index in [4.69, 9.17) is 5.11 Å². The molecule has 0 saturated heterocycles. The van der Waals surface area contributed by atoms with E-state index in [9.17, 15) is 9.59 Å². The van der Waals surface area contributed by atoms with Crippen LogP contribution in [0.2, 0.25) is 0 Å². The van der Waals surface area contributed by atoms with Gasteiger partial charge in [-0.1, -0.05) is 13.8 Å². The van der Waals surface area contributed by atoms with E-state index in [-0.39, 0.29) is 11.8 Å². The predicted molar refractivity (Wildman–Crippen MR) is 69.2 cm³/mol. The molecule has 0 aromatic heterocycles. The molecule has 18 heavy (non-hydrogen) atoms. The second kappa shape index (κ2) is 6.18. The molecule has 1 aliphatic rings. The Morgan fingerprint density at radius 1 is 1.22 bits per heavy atom. The molecule has 2 unspecified atom stereocenters. The van der Waals surface area contributed by atoms with E-state index >= 15 is 0 Å². The van der Waals surface area contributed by atoms with Gasteiger partial charge >= 0.3 is 5.97 Å². The van der Waals surface area contributed by atoms with Crippen molar-refractivity contribution in [2.24, 2.45) is 17.8 Å². The fraction of sp³-hybridized carbons (Fsp3) is 0.846. The number of carboxylic acid groups (broad SMARTS) is 1. The Balaban J connectivity index is 2.54. The summed E-state index contributed by atoms with van der Waals surface area (Å²) in [6, 6.07) is 0. The van der Waals surface area contributed by atoms with E-state index in [1.54, 1.807) is 0 Å². The summed E-state index contributed by atoms with van der Waals surface area (Å²) in [5.41, 5.74) is 0. The Morgan fingerprint density at radius 2 is 1.83 bits per heavy atom. The first kappa shape index (κ1) is 15.0. The zero-order valence-electron chi connectivity index (χ0n) is 11.7. The van der Waals surface area contributed by atoms with E-state index in [0.717, 1.165) is 6.54 Å². The van der Waals surface area contributed by atoms with Crippen molar-refractivity contribution in [3.63, 3.8) is 0 Å². The monoisotopic (exact) mass is 256 g/mol. The Kier molecular flexibility index (Phi) is 5.14. The van der Waals surface area contributed by atoms with E-state index in [1.807, 2.05) is 23.9 Å². The molecule has 0 aromatic rings. The second-order valence-corrected chi connectivity index (χ2v) is 5.77. The molecule has 5 heteroatoms. The number of rotatable bonds is 7. The van der Waals surface area contributed by atoms with Crippen molar-refractivity contribution < 1.29 is 14.7 Å². The van der Waals surface area contributed by atoms with Crippen LogP contribution in [0.1, 0.15) is 20.3 Å². The molecule has 1 N–H and O–H groups in total. The maximum absolute atomic E-state index is 12.2. The zero-order valence-corrected chi connectivity index (χ0v) is 11.7. The molecule has 1 fully saturated rings. The van der Waals surface area contributed by atoms with Crippen molar-refractivity contribution >= 4 is 11.9 Å². The van der Waals surface area contributed by atoms with Crippen LogP contribution in [0.25, 0.3) is 0 Å². The Hall–Kier alpha value is -1.10. The highest BCUT2D eigenvalue weighted by Crippen LogP contribution is 2.40. The van der Waals surface area contributed by atoms with Gasteiger partial charge in [-0.15, -0.1) is 0 Å². The van der Waals surface area contributed by atoms with Gasteiger partial charge < -0.3 is 14.9 Å². The summed E-state index contributed by atoms with van der Waals surface area (Å²) in [5, 5.41) is 8.88. The molecule has 104 valence electrons. The van der Waals surface area contributed by atoms with Gasteiger partial charge in [-0.3, -0.25) is 9.59 Å². The third-order valence-electron chi connectivity index (χ3n) is 3.14. The molecule has 0 heterocycles. The second-order valence-electron chi connectivity index (χ2n) is 5.77. The van der Waals surface area contributed by atoms with E-state index in [1.165, 1.54) is 0 Å². The summed E-state index contributed by atoms with van der Waals surface area (Å²) in [5.74, 6) is -1.17. The highest BCUT2D eigenvalue weighted by atomic mass is 16.4. The minimum absolute atomic E-state index is 0.0120.